The minimum absolute atomic E-state index is 0.161. The Bertz CT molecular complexity index is 309. The Kier molecular flexibility index (Phi) is 5.34. The van der Waals surface area contributed by atoms with E-state index in [2.05, 4.69) is 17.2 Å². The van der Waals surface area contributed by atoms with Crippen molar-refractivity contribution < 1.29 is 9.84 Å². The fourth-order valence-corrected chi connectivity index (χ4v) is 2.30. The summed E-state index contributed by atoms with van der Waals surface area (Å²) in [5.41, 5.74) is -0.179. The van der Waals surface area contributed by atoms with Crippen molar-refractivity contribution in [3.63, 3.8) is 0 Å². The van der Waals surface area contributed by atoms with Crippen LogP contribution in [-0.4, -0.2) is 36.0 Å². The van der Waals surface area contributed by atoms with Crippen LogP contribution >= 0.6 is 11.3 Å². The van der Waals surface area contributed by atoms with E-state index in [1.54, 1.807) is 18.4 Å². The summed E-state index contributed by atoms with van der Waals surface area (Å²) in [6.07, 6.45) is 2.57. The van der Waals surface area contributed by atoms with Gasteiger partial charge in [-0.2, -0.15) is 0 Å². The van der Waals surface area contributed by atoms with Crippen molar-refractivity contribution >= 4 is 11.3 Å². The number of aryl methyl sites for hydroxylation is 1. The zero-order chi connectivity index (χ0) is 12.0. The minimum Gasteiger partial charge on any atom is -0.396 e. The number of hydrogen-bond donors (Lipinski definition) is 2. The summed E-state index contributed by atoms with van der Waals surface area (Å²) in [7, 11) is 1.67. The molecule has 0 fully saturated rings. The molecule has 1 aromatic heterocycles. The lowest BCUT2D eigenvalue weighted by atomic mass is 9.99. The largest absolute Gasteiger partial charge is 0.396 e. The molecular weight excluding hydrogens is 224 g/mol. The normalized spacial score (nSPS) is 15.0. The van der Waals surface area contributed by atoms with Crippen LogP contribution in [0.4, 0.5) is 0 Å². The number of rotatable bonds is 7. The van der Waals surface area contributed by atoms with Gasteiger partial charge in [0.15, 0.2) is 0 Å². The molecular formula is C11H20N2O2S. The summed E-state index contributed by atoms with van der Waals surface area (Å²) in [6.45, 7) is 5.57. The van der Waals surface area contributed by atoms with E-state index in [1.165, 1.54) is 4.88 Å². The highest BCUT2D eigenvalue weighted by atomic mass is 32.1. The van der Waals surface area contributed by atoms with Gasteiger partial charge in [0.2, 0.25) is 0 Å². The van der Waals surface area contributed by atoms with Crippen molar-refractivity contribution in [3.8, 4) is 0 Å². The van der Waals surface area contributed by atoms with E-state index in [9.17, 15) is 0 Å². The molecule has 1 aromatic rings. The van der Waals surface area contributed by atoms with Crippen LogP contribution in [0.2, 0.25) is 0 Å². The Morgan fingerprint density at radius 3 is 2.88 bits per heavy atom. The van der Waals surface area contributed by atoms with Gasteiger partial charge in [-0.25, -0.2) is 4.98 Å². The molecule has 0 bridgehead atoms. The molecule has 5 heteroatoms. The smallest absolute Gasteiger partial charge is 0.0897 e. The van der Waals surface area contributed by atoms with Gasteiger partial charge in [0.05, 0.1) is 11.6 Å². The average Bonchev–Trinajstić information content (AvgIpc) is 2.62. The highest BCUT2D eigenvalue weighted by Gasteiger charge is 2.22. The number of nitrogens with one attached hydrogen (secondary N) is 1. The molecule has 0 aliphatic rings. The van der Waals surface area contributed by atoms with E-state index < -0.39 is 0 Å². The first-order chi connectivity index (χ1) is 7.59. The Labute approximate surface area is 101 Å². The molecule has 0 saturated carbocycles. The molecule has 0 spiro atoms. The van der Waals surface area contributed by atoms with Gasteiger partial charge in [0, 0.05) is 36.9 Å². The second kappa shape index (κ2) is 6.30. The molecule has 0 aliphatic carbocycles. The number of aliphatic hydroxyl groups is 1. The summed E-state index contributed by atoms with van der Waals surface area (Å²) >= 11 is 1.69. The molecule has 1 atom stereocenters. The van der Waals surface area contributed by atoms with Gasteiger partial charge in [0.25, 0.3) is 0 Å². The minimum atomic E-state index is -0.179. The van der Waals surface area contributed by atoms with Crippen molar-refractivity contribution in [1.82, 2.24) is 10.3 Å². The first-order valence-electron chi connectivity index (χ1n) is 5.36. The Morgan fingerprint density at radius 2 is 2.38 bits per heavy atom. The van der Waals surface area contributed by atoms with Crippen molar-refractivity contribution in [2.24, 2.45) is 0 Å². The number of ether oxygens (including phenoxy) is 1. The number of aliphatic hydroxyl groups excluding tert-OH is 1. The van der Waals surface area contributed by atoms with Gasteiger partial charge in [-0.05, 0) is 20.3 Å². The third-order valence-corrected chi connectivity index (χ3v) is 3.40. The SMILES string of the molecule is COCC(C)(CCO)NCc1cnc(C)s1. The average molecular weight is 244 g/mol. The predicted molar refractivity (Wildman–Crippen MR) is 65.7 cm³/mol. The highest BCUT2D eigenvalue weighted by molar-refractivity contribution is 7.11. The molecule has 2 N–H and O–H groups in total. The van der Waals surface area contributed by atoms with Crippen LogP contribution in [0.3, 0.4) is 0 Å². The standard InChI is InChI=1S/C11H20N2O2S/c1-9-12-6-10(16-9)7-13-11(2,4-5-14)8-15-3/h6,13-14H,4-5,7-8H2,1-3H3. The molecule has 1 heterocycles. The monoisotopic (exact) mass is 244 g/mol. The molecule has 1 rings (SSSR count). The van der Waals surface area contributed by atoms with Crippen LogP contribution in [0.25, 0.3) is 0 Å². The molecule has 16 heavy (non-hydrogen) atoms. The van der Waals surface area contributed by atoms with Gasteiger partial charge in [-0.1, -0.05) is 0 Å². The van der Waals surface area contributed by atoms with E-state index in [4.69, 9.17) is 9.84 Å². The van der Waals surface area contributed by atoms with Gasteiger partial charge in [-0.3, -0.25) is 0 Å². The van der Waals surface area contributed by atoms with Crippen molar-refractivity contribution in [3.05, 3.63) is 16.1 Å². The molecule has 0 amide bonds. The van der Waals surface area contributed by atoms with Crippen LogP contribution in [0, 0.1) is 6.92 Å². The van der Waals surface area contributed by atoms with Crippen LogP contribution in [0.15, 0.2) is 6.20 Å². The van der Waals surface area contributed by atoms with Crippen LogP contribution in [0.1, 0.15) is 23.2 Å². The van der Waals surface area contributed by atoms with E-state index in [0.717, 1.165) is 11.6 Å². The van der Waals surface area contributed by atoms with Gasteiger partial charge >= 0.3 is 0 Å². The number of methoxy groups -OCH3 is 1. The first-order valence-corrected chi connectivity index (χ1v) is 6.17. The van der Waals surface area contributed by atoms with E-state index in [0.29, 0.717) is 13.0 Å². The van der Waals surface area contributed by atoms with Crippen molar-refractivity contribution in [1.29, 1.82) is 0 Å². The Morgan fingerprint density at radius 1 is 1.62 bits per heavy atom. The van der Waals surface area contributed by atoms with E-state index in [1.807, 2.05) is 13.1 Å². The second-order valence-corrected chi connectivity index (χ2v) is 5.49. The molecule has 92 valence electrons. The molecule has 4 nitrogen and oxygen atoms in total. The topological polar surface area (TPSA) is 54.4 Å². The number of aromatic nitrogens is 1. The number of nitrogens with zero attached hydrogens (tertiary/aromatic N) is 1. The maximum atomic E-state index is 9.02. The summed E-state index contributed by atoms with van der Waals surface area (Å²) in [5.74, 6) is 0. The maximum absolute atomic E-state index is 9.02. The van der Waals surface area contributed by atoms with Crippen LogP contribution < -0.4 is 5.32 Å². The third kappa shape index (κ3) is 4.17. The zero-order valence-corrected chi connectivity index (χ0v) is 10.9. The van der Waals surface area contributed by atoms with Gasteiger partial charge < -0.3 is 15.2 Å². The lowest BCUT2D eigenvalue weighted by molar-refractivity contribution is 0.0971. The van der Waals surface area contributed by atoms with Crippen molar-refractivity contribution in [2.75, 3.05) is 20.3 Å². The number of hydrogen-bond acceptors (Lipinski definition) is 5. The fourth-order valence-electron chi connectivity index (χ4n) is 1.56. The lowest BCUT2D eigenvalue weighted by Crippen LogP contribution is -2.46. The molecule has 1 unspecified atom stereocenters. The Hall–Kier alpha value is -0.490. The fraction of sp³-hybridized carbons (Fsp3) is 0.727. The summed E-state index contributed by atoms with van der Waals surface area (Å²) in [6, 6.07) is 0. The molecule has 0 aliphatic heterocycles. The quantitative estimate of drug-likeness (QED) is 0.760. The first kappa shape index (κ1) is 13.6. The summed E-state index contributed by atoms with van der Waals surface area (Å²) in [5, 5.41) is 13.5. The Balaban J connectivity index is 2.49. The molecule has 0 saturated heterocycles. The lowest BCUT2D eigenvalue weighted by Gasteiger charge is -2.29. The highest BCUT2D eigenvalue weighted by Crippen LogP contribution is 2.15. The van der Waals surface area contributed by atoms with Crippen molar-refractivity contribution in [2.45, 2.75) is 32.4 Å². The number of thiazole rings is 1. The maximum Gasteiger partial charge on any atom is 0.0897 e. The van der Waals surface area contributed by atoms with E-state index in [-0.39, 0.29) is 12.1 Å². The van der Waals surface area contributed by atoms with Crippen LogP contribution in [0.5, 0.6) is 0 Å². The predicted octanol–water partition coefficient (Wildman–Crippen LogP) is 1.33. The third-order valence-electron chi connectivity index (χ3n) is 2.49. The second-order valence-electron chi connectivity index (χ2n) is 4.17. The summed E-state index contributed by atoms with van der Waals surface area (Å²) in [4.78, 5) is 5.41. The van der Waals surface area contributed by atoms with Crippen LogP contribution in [-0.2, 0) is 11.3 Å². The zero-order valence-electron chi connectivity index (χ0n) is 10.1. The molecule has 0 radical (unpaired) electrons. The molecule has 0 aromatic carbocycles. The van der Waals surface area contributed by atoms with E-state index >= 15 is 0 Å². The summed E-state index contributed by atoms with van der Waals surface area (Å²) < 4.78 is 5.17. The van der Waals surface area contributed by atoms with Gasteiger partial charge in [0.1, 0.15) is 0 Å². The van der Waals surface area contributed by atoms with Gasteiger partial charge in [-0.15, -0.1) is 11.3 Å².